The number of nitrogens with zero attached hydrogens (tertiary/aromatic N) is 1. The molecule has 1 aromatic carbocycles. The zero-order valence-electron chi connectivity index (χ0n) is 10.8. The number of rotatable bonds is 5. The van der Waals surface area contributed by atoms with Gasteiger partial charge in [-0.25, -0.2) is 0 Å². The molecule has 0 radical (unpaired) electrons. The normalized spacial score (nSPS) is 12.8. The zero-order valence-corrected chi connectivity index (χ0v) is 10.8. The van der Waals surface area contributed by atoms with Crippen LogP contribution in [-0.4, -0.2) is 10.6 Å². The summed E-state index contributed by atoms with van der Waals surface area (Å²) in [4.78, 5) is 11.9. The summed E-state index contributed by atoms with van der Waals surface area (Å²) in [6, 6.07) is 11.8. The fourth-order valence-corrected chi connectivity index (χ4v) is 2.19. The van der Waals surface area contributed by atoms with E-state index in [4.69, 9.17) is 5.73 Å². The van der Waals surface area contributed by atoms with Crippen molar-refractivity contribution < 1.29 is 0 Å². The van der Waals surface area contributed by atoms with Crippen LogP contribution in [0.15, 0.2) is 41.2 Å². The minimum Gasteiger partial charge on any atom is -0.328 e. The second-order valence-electron chi connectivity index (χ2n) is 4.69. The second kappa shape index (κ2) is 5.83. The smallest absolute Gasteiger partial charge is 0.251 e. The van der Waals surface area contributed by atoms with Crippen LogP contribution in [-0.2, 0) is 6.54 Å². The molecule has 1 unspecified atom stereocenters. The second-order valence-corrected chi connectivity index (χ2v) is 4.69. The monoisotopic (exact) mass is 244 g/mol. The van der Waals surface area contributed by atoms with Crippen LogP contribution in [0.25, 0.3) is 10.9 Å². The largest absolute Gasteiger partial charge is 0.328 e. The standard InChI is InChI=1S/C15H20N2O/c1-2-13(16)7-5-11-17-14-8-4-3-6-12(14)9-10-15(17)18/h3-4,6,8-10,13H,2,5,7,11,16H2,1H3. The first kappa shape index (κ1) is 12.8. The minimum atomic E-state index is 0.0683. The first-order valence-corrected chi connectivity index (χ1v) is 6.56. The van der Waals surface area contributed by atoms with Crippen LogP contribution in [0.4, 0.5) is 0 Å². The van der Waals surface area contributed by atoms with Gasteiger partial charge in [-0.2, -0.15) is 0 Å². The molecule has 0 saturated carbocycles. The Morgan fingerprint density at radius 2 is 2.00 bits per heavy atom. The molecule has 1 atom stereocenters. The fourth-order valence-electron chi connectivity index (χ4n) is 2.19. The Kier molecular flexibility index (Phi) is 4.15. The van der Waals surface area contributed by atoms with Crippen molar-refractivity contribution in [1.29, 1.82) is 0 Å². The number of nitrogens with two attached hydrogens (primary N) is 1. The number of hydrogen-bond acceptors (Lipinski definition) is 2. The molecule has 0 fully saturated rings. The van der Waals surface area contributed by atoms with E-state index < -0.39 is 0 Å². The highest BCUT2D eigenvalue weighted by atomic mass is 16.1. The van der Waals surface area contributed by atoms with Crippen molar-refractivity contribution in [2.75, 3.05) is 0 Å². The number of hydrogen-bond donors (Lipinski definition) is 1. The molecule has 96 valence electrons. The van der Waals surface area contributed by atoms with Gasteiger partial charge in [0, 0.05) is 18.7 Å². The maximum Gasteiger partial charge on any atom is 0.251 e. The molecule has 1 aromatic heterocycles. The number of aryl methyl sites for hydroxylation is 1. The van der Waals surface area contributed by atoms with E-state index in [9.17, 15) is 4.79 Å². The Hall–Kier alpha value is -1.61. The molecule has 2 rings (SSSR count). The summed E-state index contributed by atoms with van der Waals surface area (Å²) in [6.07, 6.45) is 2.90. The van der Waals surface area contributed by atoms with Gasteiger partial charge in [-0.05, 0) is 36.8 Å². The Morgan fingerprint density at radius 3 is 2.78 bits per heavy atom. The molecule has 0 bridgehead atoms. The van der Waals surface area contributed by atoms with Crippen LogP contribution < -0.4 is 11.3 Å². The van der Waals surface area contributed by atoms with E-state index in [0.29, 0.717) is 0 Å². The molecule has 0 aliphatic rings. The molecule has 3 heteroatoms. The molecule has 3 nitrogen and oxygen atoms in total. The number of pyridine rings is 1. The van der Waals surface area contributed by atoms with Crippen LogP contribution in [0.2, 0.25) is 0 Å². The van der Waals surface area contributed by atoms with Gasteiger partial charge in [0.15, 0.2) is 0 Å². The molecule has 0 spiro atoms. The van der Waals surface area contributed by atoms with Gasteiger partial charge < -0.3 is 10.3 Å². The van der Waals surface area contributed by atoms with Crippen LogP contribution >= 0.6 is 0 Å². The van der Waals surface area contributed by atoms with Gasteiger partial charge in [-0.1, -0.05) is 25.1 Å². The van der Waals surface area contributed by atoms with Crippen LogP contribution in [0.1, 0.15) is 26.2 Å². The van der Waals surface area contributed by atoms with Crippen molar-refractivity contribution in [3.05, 3.63) is 46.8 Å². The molecule has 0 aliphatic carbocycles. The summed E-state index contributed by atoms with van der Waals surface area (Å²) in [5.74, 6) is 0. The van der Waals surface area contributed by atoms with Gasteiger partial charge in [0.1, 0.15) is 0 Å². The van der Waals surface area contributed by atoms with Crippen molar-refractivity contribution in [3.8, 4) is 0 Å². The first-order valence-electron chi connectivity index (χ1n) is 6.56. The third kappa shape index (κ3) is 2.79. The van der Waals surface area contributed by atoms with Gasteiger partial charge in [0.05, 0.1) is 5.52 Å². The zero-order chi connectivity index (χ0) is 13.0. The number of para-hydroxylation sites is 1. The maximum atomic E-state index is 11.9. The van der Waals surface area contributed by atoms with Crippen molar-refractivity contribution in [1.82, 2.24) is 4.57 Å². The van der Waals surface area contributed by atoms with Crippen molar-refractivity contribution in [2.45, 2.75) is 38.8 Å². The van der Waals surface area contributed by atoms with Crippen LogP contribution in [0.5, 0.6) is 0 Å². The number of benzene rings is 1. The summed E-state index contributed by atoms with van der Waals surface area (Å²) >= 11 is 0. The topological polar surface area (TPSA) is 48.0 Å². The van der Waals surface area contributed by atoms with E-state index in [1.54, 1.807) is 6.07 Å². The lowest BCUT2D eigenvalue weighted by Gasteiger charge is -2.12. The third-order valence-electron chi connectivity index (χ3n) is 3.38. The van der Waals surface area contributed by atoms with Crippen molar-refractivity contribution >= 4 is 10.9 Å². The Bertz CT molecular complexity index is 574. The highest BCUT2D eigenvalue weighted by Crippen LogP contribution is 2.12. The Morgan fingerprint density at radius 1 is 1.22 bits per heavy atom. The van der Waals surface area contributed by atoms with Gasteiger partial charge in [0.2, 0.25) is 0 Å². The summed E-state index contributed by atoms with van der Waals surface area (Å²) in [5, 5.41) is 1.11. The number of fused-ring (bicyclic) bond motifs is 1. The van der Waals surface area contributed by atoms with Gasteiger partial charge in [-0.3, -0.25) is 4.79 Å². The fraction of sp³-hybridized carbons (Fsp3) is 0.400. The van der Waals surface area contributed by atoms with E-state index in [1.165, 1.54) is 0 Å². The minimum absolute atomic E-state index is 0.0683. The lowest BCUT2D eigenvalue weighted by atomic mass is 10.1. The van der Waals surface area contributed by atoms with Crippen LogP contribution in [0, 0.1) is 0 Å². The van der Waals surface area contributed by atoms with Gasteiger partial charge in [0.25, 0.3) is 5.56 Å². The summed E-state index contributed by atoms with van der Waals surface area (Å²) in [6.45, 7) is 2.84. The van der Waals surface area contributed by atoms with E-state index in [0.717, 1.165) is 36.7 Å². The molecule has 0 aliphatic heterocycles. The van der Waals surface area contributed by atoms with E-state index in [-0.39, 0.29) is 11.6 Å². The van der Waals surface area contributed by atoms with Gasteiger partial charge >= 0.3 is 0 Å². The van der Waals surface area contributed by atoms with Crippen molar-refractivity contribution in [2.24, 2.45) is 5.73 Å². The first-order chi connectivity index (χ1) is 8.72. The van der Waals surface area contributed by atoms with E-state index >= 15 is 0 Å². The predicted molar refractivity (Wildman–Crippen MR) is 75.7 cm³/mol. The van der Waals surface area contributed by atoms with Crippen LogP contribution in [0.3, 0.4) is 0 Å². The molecule has 0 saturated heterocycles. The van der Waals surface area contributed by atoms with Gasteiger partial charge in [-0.15, -0.1) is 0 Å². The highest BCUT2D eigenvalue weighted by molar-refractivity contribution is 5.78. The molecule has 2 N–H and O–H groups in total. The molecular weight excluding hydrogens is 224 g/mol. The van der Waals surface area contributed by atoms with E-state index in [1.807, 2.05) is 34.9 Å². The predicted octanol–water partition coefficient (Wildman–Crippen LogP) is 2.52. The molecular formula is C15H20N2O. The lowest BCUT2D eigenvalue weighted by molar-refractivity contribution is 0.525. The average Bonchev–Trinajstić information content (AvgIpc) is 2.41. The average molecular weight is 244 g/mol. The quantitative estimate of drug-likeness (QED) is 0.878. The molecule has 1 heterocycles. The maximum absolute atomic E-state index is 11.9. The summed E-state index contributed by atoms with van der Waals surface area (Å²) in [5.41, 5.74) is 6.98. The summed E-state index contributed by atoms with van der Waals surface area (Å²) < 4.78 is 1.84. The lowest BCUT2D eigenvalue weighted by Crippen LogP contribution is -2.22. The molecule has 0 amide bonds. The summed E-state index contributed by atoms with van der Waals surface area (Å²) in [7, 11) is 0. The van der Waals surface area contributed by atoms with Crippen molar-refractivity contribution in [3.63, 3.8) is 0 Å². The highest BCUT2D eigenvalue weighted by Gasteiger charge is 2.03. The molecule has 18 heavy (non-hydrogen) atoms. The Labute approximate surface area is 107 Å². The van der Waals surface area contributed by atoms with E-state index in [2.05, 4.69) is 6.92 Å². The Balaban J connectivity index is 2.21. The SMILES string of the molecule is CCC(N)CCCn1c(=O)ccc2ccccc21. The molecule has 2 aromatic rings. The number of aromatic nitrogens is 1. The third-order valence-corrected chi connectivity index (χ3v) is 3.38.